The highest BCUT2D eigenvalue weighted by atomic mass is 79.9. The topological polar surface area (TPSA) is 75.6 Å². The van der Waals surface area contributed by atoms with E-state index in [1.165, 1.54) is 12.7 Å². The number of carbonyl (C=O) groups is 2. The first kappa shape index (κ1) is 20.7. The van der Waals surface area contributed by atoms with Gasteiger partial charge in [0.2, 0.25) is 5.91 Å². The quantitative estimate of drug-likeness (QED) is 0.678. The Morgan fingerprint density at radius 3 is 2.50 bits per heavy atom. The third-order valence-corrected chi connectivity index (χ3v) is 6.67. The van der Waals surface area contributed by atoms with Gasteiger partial charge in [-0.2, -0.15) is 0 Å². The van der Waals surface area contributed by atoms with Crippen molar-refractivity contribution in [3.63, 3.8) is 0 Å². The van der Waals surface area contributed by atoms with Gasteiger partial charge in [0, 0.05) is 30.0 Å². The van der Waals surface area contributed by atoms with Crippen LogP contribution in [-0.2, 0) is 16.0 Å². The zero-order chi connectivity index (χ0) is 21.4. The average Bonchev–Trinajstić information content (AvgIpc) is 2.74. The van der Waals surface area contributed by atoms with Crippen molar-refractivity contribution >= 4 is 27.6 Å². The predicted octanol–water partition coefficient (Wildman–Crippen LogP) is 4.73. The van der Waals surface area contributed by atoms with Gasteiger partial charge >= 0.3 is 0 Å². The van der Waals surface area contributed by atoms with Gasteiger partial charge in [0.05, 0.1) is 11.6 Å². The zero-order valence-electron chi connectivity index (χ0n) is 17.0. The van der Waals surface area contributed by atoms with Gasteiger partial charge in [0.1, 0.15) is 0 Å². The summed E-state index contributed by atoms with van der Waals surface area (Å²) in [5.74, 6) is -0.0191. The molecule has 0 bridgehead atoms. The van der Waals surface area contributed by atoms with Crippen LogP contribution < -0.4 is 10.1 Å². The highest BCUT2D eigenvalue weighted by molar-refractivity contribution is 9.10. The lowest BCUT2D eigenvalue weighted by Crippen LogP contribution is -2.38. The zero-order valence-corrected chi connectivity index (χ0v) is 18.6. The molecule has 1 aliphatic heterocycles. The van der Waals surface area contributed by atoms with E-state index < -0.39 is 0 Å². The molecular formula is C24H24BrNO4. The maximum atomic E-state index is 13.2. The van der Waals surface area contributed by atoms with Crippen molar-refractivity contribution in [2.24, 2.45) is 0 Å². The lowest BCUT2D eigenvalue weighted by molar-refractivity contribution is -0.122. The number of Topliss-reactive ketones (excluding diaryl/α,β-unsaturated/α-hetero) is 1. The molecule has 0 radical (unpaired) electrons. The number of hydrogen-bond donors (Lipinski definition) is 2. The van der Waals surface area contributed by atoms with Crippen LogP contribution in [0, 0.1) is 0 Å². The number of ketones is 1. The van der Waals surface area contributed by atoms with Crippen LogP contribution in [0.3, 0.4) is 0 Å². The number of aryl methyl sites for hydroxylation is 1. The van der Waals surface area contributed by atoms with E-state index in [-0.39, 0.29) is 35.7 Å². The second-order valence-electron chi connectivity index (χ2n) is 7.87. The summed E-state index contributed by atoms with van der Waals surface area (Å²) >= 11 is 3.34. The lowest BCUT2D eigenvalue weighted by Gasteiger charge is -2.34. The summed E-state index contributed by atoms with van der Waals surface area (Å²) in [6, 6.07) is 11.8. The number of hydrogen-bond acceptors (Lipinski definition) is 4. The summed E-state index contributed by atoms with van der Waals surface area (Å²) in [4.78, 5) is 25.7. The minimum Gasteiger partial charge on any atom is -0.503 e. The van der Waals surface area contributed by atoms with Gasteiger partial charge in [0.15, 0.2) is 17.3 Å². The molecule has 2 atom stereocenters. The maximum absolute atomic E-state index is 13.2. The van der Waals surface area contributed by atoms with Crippen LogP contribution in [0.4, 0.5) is 0 Å². The second kappa shape index (κ2) is 8.26. The largest absolute Gasteiger partial charge is 0.503 e. The Morgan fingerprint density at radius 1 is 1.10 bits per heavy atom. The summed E-state index contributed by atoms with van der Waals surface area (Å²) in [6.45, 7) is 2.12. The van der Waals surface area contributed by atoms with Crippen LogP contribution in [0.1, 0.15) is 54.7 Å². The van der Waals surface area contributed by atoms with Gasteiger partial charge in [-0.05, 0) is 63.5 Å². The molecule has 1 amide bonds. The molecule has 0 saturated heterocycles. The van der Waals surface area contributed by atoms with E-state index in [9.17, 15) is 14.7 Å². The van der Waals surface area contributed by atoms with Crippen molar-refractivity contribution in [3.05, 3.63) is 68.8 Å². The van der Waals surface area contributed by atoms with Crippen LogP contribution in [0.15, 0.2) is 52.1 Å². The Bertz CT molecular complexity index is 1040. The summed E-state index contributed by atoms with van der Waals surface area (Å²) in [6.07, 6.45) is 2.22. The van der Waals surface area contributed by atoms with E-state index in [0.717, 1.165) is 23.2 Å². The van der Waals surface area contributed by atoms with Crippen molar-refractivity contribution in [2.75, 3.05) is 7.11 Å². The van der Waals surface area contributed by atoms with Gasteiger partial charge < -0.3 is 15.2 Å². The number of amides is 1. The highest BCUT2D eigenvalue weighted by Crippen LogP contribution is 2.45. The molecule has 1 heterocycles. The number of carbonyl (C=O) groups excluding carboxylic acids is 2. The van der Waals surface area contributed by atoms with Gasteiger partial charge in [-0.1, -0.05) is 31.2 Å². The first-order valence-corrected chi connectivity index (χ1v) is 10.9. The SMILES string of the molecule is CCc1ccc(C2CC(=O)C3=C(C2)NC(=O)CC3c2cc(Br)c(O)c(OC)c2)cc1. The van der Waals surface area contributed by atoms with E-state index >= 15 is 0 Å². The van der Waals surface area contributed by atoms with Gasteiger partial charge in [-0.15, -0.1) is 0 Å². The molecule has 2 unspecified atom stereocenters. The third kappa shape index (κ3) is 3.76. The molecule has 1 aliphatic carbocycles. The molecule has 0 saturated carbocycles. The van der Waals surface area contributed by atoms with Gasteiger partial charge in [-0.25, -0.2) is 0 Å². The van der Waals surface area contributed by atoms with Crippen molar-refractivity contribution in [1.29, 1.82) is 0 Å². The standard InChI is InChI=1S/C24H24BrNO4/c1-3-13-4-6-14(7-5-13)15-9-19-23(20(27)10-15)17(12-22(28)26-19)16-8-18(25)24(29)21(11-16)30-2/h4-8,11,15,17,29H,3,9-10,12H2,1-2H3,(H,26,28). The van der Waals surface area contributed by atoms with E-state index in [0.29, 0.717) is 28.6 Å². The van der Waals surface area contributed by atoms with E-state index in [1.807, 2.05) is 0 Å². The Hall–Kier alpha value is -2.60. The number of phenols is 1. The fraction of sp³-hybridized carbons (Fsp3) is 0.333. The molecular weight excluding hydrogens is 446 g/mol. The number of ether oxygens (including phenoxy) is 1. The number of nitrogens with one attached hydrogen (secondary N) is 1. The molecule has 2 aromatic carbocycles. The van der Waals surface area contributed by atoms with Crippen LogP contribution >= 0.6 is 15.9 Å². The molecule has 2 aromatic rings. The average molecular weight is 470 g/mol. The summed E-state index contributed by atoms with van der Waals surface area (Å²) in [5.41, 5.74) is 4.56. The van der Waals surface area contributed by atoms with Crippen molar-refractivity contribution < 1.29 is 19.4 Å². The van der Waals surface area contributed by atoms with E-state index in [1.54, 1.807) is 12.1 Å². The normalized spacial score (nSPS) is 21.3. The number of rotatable bonds is 4. The second-order valence-corrected chi connectivity index (χ2v) is 8.73. The molecule has 0 fully saturated rings. The van der Waals surface area contributed by atoms with Gasteiger partial charge in [0.25, 0.3) is 0 Å². The number of methoxy groups -OCH3 is 1. The van der Waals surface area contributed by atoms with Crippen molar-refractivity contribution in [2.45, 2.75) is 44.4 Å². The first-order valence-electron chi connectivity index (χ1n) is 10.1. The van der Waals surface area contributed by atoms with Gasteiger partial charge in [-0.3, -0.25) is 9.59 Å². The number of benzene rings is 2. The monoisotopic (exact) mass is 469 g/mol. The fourth-order valence-electron chi connectivity index (χ4n) is 4.46. The Kier molecular flexibility index (Phi) is 5.69. The molecule has 4 rings (SSSR count). The lowest BCUT2D eigenvalue weighted by atomic mass is 9.73. The first-order chi connectivity index (χ1) is 14.4. The highest BCUT2D eigenvalue weighted by Gasteiger charge is 2.38. The minimum absolute atomic E-state index is 0.00118. The van der Waals surface area contributed by atoms with Crippen molar-refractivity contribution in [1.82, 2.24) is 5.32 Å². The Morgan fingerprint density at radius 2 is 1.83 bits per heavy atom. The molecule has 156 valence electrons. The summed E-state index contributed by atoms with van der Waals surface area (Å²) in [7, 11) is 1.48. The van der Waals surface area contributed by atoms with E-state index in [2.05, 4.69) is 52.4 Å². The Labute approximate surface area is 184 Å². The fourth-order valence-corrected chi connectivity index (χ4v) is 4.92. The number of phenolic OH excluding ortho intramolecular Hbond substituents is 1. The number of aromatic hydroxyl groups is 1. The van der Waals surface area contributed by atoms with Crippen molar-refractivity contribution in [3.8, 4) is 11.5 Å². The summed E-state index contributed by atoms with van der Waals surface area (Å²) < 4.78 is 5.73. The molecule has 0 aromatic heterocycles. The smallest absolute Gasteiger partial charge is 0.225 e. The van der Waals surface area contributed by atoms with Crippen LogP contribution in [-0.4, -0.2) is 23.9 Å². The minimum atomic E-state index is -0.351. The van der Waals surface area contributed by atoms with Crippen LogP contribution in [0.5, 0.6) is 11.5 Å². The van der Waals surface area contributed by atoms with Crippen LogP contribution in [0.2, 0.25) is 0 Å². The molecule has 2 aliphatic rings. The predicted molar refractivity (Wildman–Crippen MR) is 118 cm³/mol. The Balaban J connectivity index is 1.71. The molecule has 0 spiro atoms. The molecule has 2 N–H and O–H groups in total. The van der Waals surface area contributed by atoms with Crippen LogP contribution in [0.25, 0.3) is 0 Å². The number of allylic oxidation sites excluding steroid dienone is 2. The third-order valence-electron chi connectivity index (χ3n) is 6.07. The maximum Gasteiger partial charge on any atom is 0.225 e. The van der Waals surface area contributed by atoms with E-state index in [4.69, 9.17) is 4.74 Å². The number of halogens is 1. The molecule has 30 heavy (non-hydrogen) atoms. The molecule has 5 nitrogen and oxygen atoms in total. The summed E-state index contributed by atoms with van der Waals surface area (Å²) in [5, 5.41) is 13.1. The molecule has 6 heteroatoms.